The summed E-state index contributed by atoms with van der Waals surface area (Å²) in [6.45, 7) is 0. The number of hydrogen-bond acceptors (Lipinski definition) is 5. The van der Waals surface area contributed by atoms with Crippen molar-refractivity contribution in [3.8, 4) is 28.6 Å². The van der Waals surface area contributed by atoms with Crippen molar-refractivity contribution in [2.24, 2.45) is 0 Å². The number of hydrogen-bond donors (Lipinski definition) is 0. The molecule has 0 aliphatic heterocycles. The minimum absolute atomic E-state index is 0.243. The molecule has 0 unspecified atom stereocenters. The molecule has 152 valence electrons. The van der Waals surface area contributed by atoms with E-state index < -0.39 is 0 Å². The van der Waals surface area contributed by atoms with E-state index in [1.165, 1.54) is 4.57 Å². The van der Waals surface area contributed by atoms with E-state index in [-0.39, 0.29) is 5.56 Å². The van der Waals surface area contributed by atoms with Crippen molar-refractivity contribution < 1.29 is 4.42 Å². The third kappa shape index (κ3) is 3.38. The van der Waals surface area contributed by atoms with Crippen LogP contribution in [0.1, 0.15) is 0 Å². The molecule has 3 heterocycles. The zero-order valence-electron chi connectivity index (χ0n) is 17.2. The Labute approximate surface area is 179 Å². The lowest BCUT2D eigenvalue weighted by atomic mass is 10.2. The first-order valence-corrected chi connectivity index (χ1v) is 9.92. The van der Waals surface area contributed by atoms with Crippen LogP contribution in [-0.4, -0.2) is 28.6 Å². The van der Waals surface area contributed by atoms with Crippen molar-refractivity contribution in [2.45, 2.75) is 0 Å². The summed E-state index contributed by atoms with van der Waals surface area (Å²) in [7, 11) is 3.88. The van der Waals surface area contributed by atoms with Gasteiger partial charge in [-0.05, 0) is 24.3 Å². The Balaban J connectivity index is 1.73. The number of nitrogens with zero attached hydrogens (tertiary/aromatic N) is 4. The van der Waals surface area contributed by atoms with Gasteiger partial charge in [0.15, 0.2) is 11.6 Å². The third-order valence-corrected chi connectivity index (χ3v) is 5.14. The van der Waals surface area contributed by atoms with Crippen molar-refractivity contribution in [3.05, 3.63) is 95.5 Å². The molecule has 0 amide bonds. The molecule has 0 bridgehead atoms. The molecule has 6 nitrogen and oxygen atoms in total. The van der Waals surface area contributed by atoms with Crippen LogP contribution in [0.25, 0.3) is 39.5 Å². The molecule has 0 N–H and O–H groups in total. The van der Waals surface area contributed by atoms with Gasteiger partial charge in [-0.3, -0.25) is 9.36 Å². The van der Waals surface area contributed by atoms with Gasteiger partial charge in [-0.2, -0.15) is 4.98 Å². The number of anilines is 1. The van der Waals surface area contributed by atoms with Gasteiger partial charge in [-0.15, -0.1) is 0 Å². The molecule has 31 heavy (non-hydrogen) atoms. The Morgan fingerprint density at radius 2 is 1.58 bits per heavy atom. The zero-order chi connectivity index (χ0) is 21.4. The molecule has 0 saturated carbocycles. The lowest BCUT2D eigenvalue weighted by Crippen LogP contribution is -2.20. The Morgan fingerprint density at radius 3 is 2.26 bits per heavy atom. The fourth-order valence-electron chi connectivity index (χ4n) is 3.48. The molecule has 0 aliphatic rings. The Kier molecular flexibility index (Phi) is 4.59. The maximum absolute atomic E-state index is 13.3. The number of rotatable bonds is 4. The summed E-state index contributed by atoms with van der Waals surface area (Å²) in [4.78, 5) is 24.4. The molecule has 0 saturated heterocycles. The summed E-state index contributed by atoms with van der Waals surface area (Å²) in [6, 6.07) is 23.1. The molecule has 0 spiro atoms. The SMILES string of the molecule is CN(C)c1cnc2c(=O)n(-c3nc(-c4ccccc4)oc3-c3ccccc3)ccc2c1. The van der Waals surface area contributed by atoms with Crippen LogP contribution in [0.2, 0.25) is 0 Å². The molecule has 0 atom stereocenters. The van der Waals surface area contributed by atoms with E-state index in [1.54, 1.807) is 12.4 Å². The average molecular weight is 408 g/mol. The fourth-order valence-corrected chi connectivity index (χ4v) is 3.48. The second-order valence-electron chi connectivity index (χ2n) is 7.42. The van der Waals surface area contributed by atoms with E-state index >= 15 is 0 Å². The van der Waals surface area contributed by atoms with Gasteiger partial charge in [-0.25, -0.2) is 4.98 Å². The Bertz CT molecular complexity index is 1420. The Hall–Kier alpha value is -4.19. The third-order valence-electron chi connectivity index (χ3n) is 5.14. The van der Waals surface area contributed by atoms with Gasteiger partial charge >= 0.3 is 0 Å². The number of oxazole rings is 1. The second-order valence-corrected chi connectivity index (χ2v) is 7.42. The maximum Gasteiger partial charge on any atom is 0.282 e. The number of benzene rings is 2. The second kappa shape index (κ2) is 7.57. The fraction of sp³-hybridized carbons (Fsp3) is 0.0800. The summed E-state index contributed by atoms with van der Waals surface area (Å²) in [5.74, 6) is 1.43. The lowest BCUT2D eigenvalue weighted by molar-refractivity contribution is 0.588. The molecule has 5 rings (SSSR count). The first-order valence-electron chi connectivity index (χ1n) is 9.92. The highest BCUT2D eigenvalue weighted by Gasteiger charge is 2.20. The van der Waals surface area contributed by atoms with Crippen LogP contribution in [-0.2, 0) is 0 Å². The van der Waals surface area contributed by atoms with E-state index in [1.807, 2.05) is 91.8 Å². The number of fused-ring (bicyclic) bond motifs is 1. The van der Waals surface area contributed by atoms with Gasteiger partial charge in [0.05, 0.1) is 11.9 Å². The quantitative estimate of drug-likeness (QED) is 0.428. The van der Waals surface area contributed by atoms with E-state index in [0.717, 1.165) is 22.2 Å². The first kappa shape index (κ1) is 18.8. The van der Waals surface area contributed by atoms with E-state index in [4.69, 9.17) is 9.40 Å². The first-order chi connectivity index (χ1) is 15.1. The maximum atomic E-state index is 13.3. The van der Waals surface area contributed by atoms with Crippen molar-refractivity contribution in [1.82, 2.24) is 14.5 Å². The predicted octanol–water partition coefficient (Wildman–Crippen LogP) is 4.77. The van der Waals surface area contributed by atoms with Crippen molar-refractivity contribution in [1.29, 1.82) is 0 Å². The topological polar surface area (TPSA) is 64.2 Å². The van der Waals surface area contributed by atoms with Crippen molar-refractivity contribution in [2.75, 3.05) is 19.0 Å². The molecule has 0 radical (unpaired) electrons. The van der Waals surface area contributed by atoms with Gasteiger partial charge in [-0.1, -0.05) is 48.5 Å². The van der Waals surface area contributed by atoms with Gasteiger partial charge in [0.25, 0.3) is 5.56 Å². The van der Waals surface area contributed by atoms with E-state index in [2.05, 4.69) is 4.98 Å². The average Bonchev–Trinajstić information content (AvgIpc) is 3.25. The van der Waals surface area contributed by atoms with Crippen LogP contribution in [0, 0.1) is 0 Å². The predicted molar refractivity (Wildman–Crippen MR) is 123 cm³/mol. The molecule has 2 aromatic carbocycles. The van der Waals surface area contributed by atoms with Gasteiger partial charge < -0.3 is 9.32 Å². The molecule has 0 fully saturated rings. The zero-order valence-corrected chi connectivity index (χ0v) is 17.2. The van der Waals surface area contributed by atoms with Crippen molar-refractivity contribution in [3.63, 3.8) is 0 Å². The van der Waals surface area contributed by atoms with E-state index in [0.29, 0.717) is 23.0 Å². The molecule has 3 aromatic heterocycles. The summed E-state index contributed by atoms with van der Waals surface area (Å²) in [5, 5.41) is 0.778. The highest BCUT2D eigenvalue weighted by atomic mass is 16.4. The highest BCUT2D eigenvalue weighted by molar-refractivity contribution is 5.81. The van der Waals surface area contributed by atoms with Crippen molar-refractivity contribution >= 4 is 16.6 Å². The minimum Gasteiger partial charge on any atom is -0.434 e. The van der Waals surface area contributed by atoms with Crippen LogP contribution in [0.5, 0.6) is 0 Å². The summed E-state index contributed by atoms with van der Waals surface area (Å²) in [6.07, 6.45) is 3.43. The van der Waals surface area contributed by atoms with E-state index in [9.17, 15) is 4.79 Å². The smallest absolute Gasteiger partial charge is 0.282 e. The molecule has 0 aliphatic carbocycles. The normalized spacial score (nSPS) is 11.0. The van der Waals surface area contributed by atoms with Gasteiger partial charge in [0.2, 0.25) is 5.89 Å². The Morgan fingerprint density at radius 1 is 0.903 bits per heavy atom. The largest absolute Gasteiger partial charge is 0.434 e. The standard InChI is InChI=1S/C25H20N4O2/c1-28(2)20-15-19-13-14-29(25(30)21(19)26-16-20)23-22(17-9-5-3-6-10-17)31-24(27-23)18-11-7-4-8-12-18/h3-16H,1-2H3. The molecular weight excluding hydrogens is 388 g/mol. The summed E-state index contributed by atoms with van der Waals surface area (Å²) in [5.41, 5.74) is 2.76. The van der Waals surface area contributed by atoms with Gasteiger partial charge in [0.1, 0.15) is 5.52 Å². The molecule has 5 aromatic rings. The van der Waals surface area contributed by atoms with Gasteiger partial charge in [0, 0.05) is 36.8 Å². The van der Waals surface area contributed by atoms with Crippen LogP contribution in [0.15, 0.2) is 94.4 Å². The lowest BCUT2D eigenvalue weighted by Gasteiger charge is -2.12. The van der Waals surface area contributed by atoms with Crippen LogP contribution in [0.3, 0.4) is 0 Å². The number of aromatic nitrogens is 3. The highest BCUT2D eigenvalue weighted by Crippen LogP contribution is 2.31. The van der Waals surface area contributed by atoms with Crippen LogP contribution in [0.4, 0.5) is 5.69 Å². The molecular formula is C25H20N4O2. The summed E-state index contributed by atoms with van der Waals surface area (Å²) < 4.78 is 7.66. The number of pyridine rings is 2. The van der Waals surface area contributed by atoms with Crippen LogP contribution >= 0.6 is 0 Å². The van der Waals surface area contributed by atoms with Crippen LogP contribution < -0.4 is 10.5 Å². The summed E-state index contributed by atoms with van der Waals surface area (Å²) >= 11 is 0. The monoisotopic (exact) mass is 408 g/mol. The molecule has 6 heteroatoms. The minimum atomic E-state index is -0.243.